The van der Waals surface area contributed by atoms with Gasteiger partial charge in [-0.25, -0.2) is 4.68 Å². The van der Waals surface area contributed by atoms with Crippen LogP contribution in [0, 0.1) is 0 Å². The summed E-state index contributed by atoms with van der Waals surface area (Å²) in [6.45, 7) is 5.38. The van der Waals surface area contributed by atoms with E-state index >= 15 is 0 Å². The maximum atomic E-state index is 4.11. The lowest BCUT2D eigenvalue weighted by molar-refractivity contribution is 0.425. The molecule has 5 heteroatoms. The molecule has 0 amide bonds. The molecule has 0 aromatic carbocycles. The highest BCUT2D eigenvalue weighted by atomic mass is 15.6. The standard InChI is InChI=1S/C9H17N5/c1-3-7(2)14-9(11-12-13-14)8-5-4-6-10-8/h7-8,10H,3-6H2,1-2H3. The van der Waals surface area contributed by atoms with E-state index in [4.69, 9.17) is 0 Å². The maximum absolute atomic E-state index is 4.11. The smallest absolute Gasteiger partial charge is 0.168 e. The third kappa shape index (κ3) is 1.64. The van der Waals surface area contributed by atoms with Crippen LogP contribution in [0.4, 0.5) is 0 Å². The Hall–Kier alpha value is -0.970. The molecule has 1 fully saturated rings. The van der Waals surface area contributed by atoms with Gasteiger partial charge in [0.1, 0.15) is 0 Å². The lowest BCUT2D eigenvalue weighted by Gasteiger charge is -2.14. The first-order valence-corrected chi connectivity index (χ1v) is 5.34. The summed E-state index contributed by atoms with van der Waals surface area (Å²) in [5, 5.41) is 15.3. The molecular weight excluding hydrogens is 178 g/mol. The van der Waals surface area contributed by atoms with Crippen LogP contribution >= 0.6 is 0 Å². The summed E-state index contributed by atoms with van der Waals surface area (Å²) in [4.78, 5) is 0. The van der Waals surface area contributed by atoms with E-state index < -0.39 is 0 Å². The molecular formula is C9H17N5. The van der Waals surface area contributed by atoms with E-state index in [-0.39, 0.29) is 0 Å². The maximum Gasteiger partial charge on any atom is 0.168 e. The second kappa shape index (κ2) is 4.04. The normalized spacial score (nSPS) is 24.0. The Morgan fingerprint density at radius 3 is 3.14 bits per heavy atom. The summed E-state index contributed by atoms with van der Waals surface area (Å²) in [6.07, 6.45) is 3.43. The van der Waals surface area contributed by atoms with Gasteiger partial charge in [0.25, 0.3) is 0 Å². The quantitative estimate of drug-likeness (QED) is 0.783. The molecule has 5 nitrogen and oxygen atoms in total. The Labute approximate surface area is 83.9 Å². The van der Waals surface area contributed by atoms with Gasteiger partial charge in [0.2, 0.25) is 0 Å². The van der Waals surface area contributed by atoms with Crippen molar-refractivity contribution >= 4 is 0 Å². The van der Waals surface area contributed by atoms with Gasteiger partial charge in [-0.05, 0) is 43.2 Å². The highest BCUT2D eigenvalue weighted by Crippen LogP contribution is 2.22. The molecule has 78 valence electrons. The van der Waals surface area contributed by atoms with Gasteiger partial charge in [0, 0.05) is 0 Å². The predicted octanol–water partition coefficient (Wildman–Crippen LogP) is 1.07. The van der Waals surface area contributed by atoms with Crippen molar-refractivity contribution in [3.05, 3.63) is 5.82 Å². The Morgan fingerprint density at radius 2 is 2.50 bits per heavy atom. The molecule has 2 heterocycles. The zero-order chi connectivity index (χ0) is 9.97. The SMILES string of the molecule is CCC(C)n1nnnc1C1CCCN1. The van der Waals surface area contributed by atoms with Crippen molar-refractivity contribution in [2.45, 2.75) is 45.2 Å². The molecule has 0 saturated carbocycles. The van der Waals surface area contributed by atoms with Crippen LogP contribution in [0.3, 0.4) is 0 Å². The van der Waals surface area contributed by atoms with Crippen molar-refractivity contribution in [2.75, 3.05) is 6.54 Å². The summed E-state index contributed by atoms with van der Waals surface area (Å²) in [5.74, 6) is 0.997. The topological polar surface area (TPSA) is 55.6 Å². The van der Waals surface area contributed by atoms with Crippen molar-refractivity contribution in [1.82, 2.24) is 25.5 Å². The minimum absolute atomic E-state index is 0.360. The van der Waals surface area contributed by atoms with E-state index in [9.17, 15) is 0 Å². The van der Waals surface area contributed by atoms with Crippen molar-refractivity contribution in [3.8, 4) is 0 Å². The third-order valence-corrected chi connectivity index (χ3v) is 2.90. The highest BCUT2D eigenvalue weighted by molar-refractivity contribution is 4.96. The van der Waals surface area contributed by atoms with E-state index in [1.54, 1.807) is 0 Å². The summed E-state index contributed by atoms with van der Waals surface area (Å²) in [7, 11) is 0. The Bertz CT molecular complexity index is 289. The number of hydrogen-bond donors (Lipinski definition) is 1. The second-order valence-electron chi connectivity index (χ2n) is 3.89. The molecule has 0 radical (unpaired) electrons. The van der Waals surface area contributed by atoms with Crippen LogP contribution in [0.5, 0.6) is 0 Å². The number of hydrogen-bond acceptors (Lipinski definition) is 4. The fraction of sp³-hybridized carbons (Fsp3) is 0.889. The first kappa shape index (κ1) is 9.58. The van der Waals surface area contributed by atoms with E-state index in [0.29, 0.717) is 12.1 Å². The zero-order valence-corrected chi connectivity index (χ0v) is 8.77. The van der Waals surface area contributed by atoms with Crippen molar-refractivity contribution in [3.63, 3.8) is 0 Å². The van der Waals surface area contributed by atoms with Gasteiger partial charge in [0.15, 0.2) is 5.82 Å². The molecule has 14 heavy (non-hydrogen) atoms. The number of aromatic nitrogens is 4. The molecule has 1 aromatic rings. The van der Waals surface area contributed by atoms with Gasteiger partial charge < -0.3 is 5.32 Å². The molecule has 2 unspecified atom stereocenters. The number of rotatable bonds is 3. The molecule has 0 aliphatic carbocycles. The summed E-state index contributed by atoms with van der Waals surface area (Å²) in [6, 6.07) is 0.751. The predicted molar refractivity (Wildman–Crippen MR) is 52.8 cm³/mol. The molecule has 1 N–H and O–H groups in total. The van der Waals surface area contributed by atoms with Crippen LogP contribution in [0.2, 0.25) is 0 Å². The first-order chi connectivity index (χ1) is 6.83. The minimum Gasteiger partial charge on any atom is -0.307 e. The van der Waals surface area contributed by atoms with Crippen molar-refractivity contribution < 1.29 is 0 Å². The Balaban J connectivity index is 2.19. The monoisotopic (exact) mass is 195 g/mol. The summed E-state index contributed by atoms with van der Waals surface area (Å²) >= 11 is 0. The zero-order valence-electron chi connectivity index (χ0n) is 8.77. The highest BCUT2D eigenvalue weighted by Gasteiger charge is 2.23. The summed E-state index contributed by atoms with van der Waals surface area (Å²) < 4.78 is 1.95. The van der Waals surface area contributed by atoms with E-state index in [1.165, 1.54) is 6.42 Å². The van der Waals surface area contributed by atoms with Gasteiger partial charge in [0.05, 0.1) is 12.1 Å². The fourth-order valence-corrected chi connectivity index (χ4v) is 1.82. The Morgan fingerprint density at radius 1 is 1.64 bits per heavy atom. The largest absolute Gasteiger partial charge is 0.307 e. The van der Waals surface area contributed by atoms with Crippen LogP contribution in [0.15, 0.2) is 0 Å². The number of tetrazole rings is 1. The lowest BCUT2D eigenvalue weighted by Crippen LogP contribution is -2.20. The van der Waals surface area contributed by atoms with Crippen molar-refractivity contribution in [1.29, 1.82) is 0 Å². The lowest BCUT2D eigenvalue weighted by atomic mass is 10.2. The molecule has 2 atom stereocenters. The first-order valence-electron chi connectivity index (χ1n) is 5.34. The van der Waals surface area contributed by atoms with Gasteiger partial charge in [-0.1, -0.05) is 6.92 Å². The minimum atomic E-state index is 0.360. The molecule has 0 bridgehead atoms. The molecule has 1 aliphatic heterocycles. The third-order valence-electron chi connectivity index (χ3n) is 2.90. The molecule has 1 aliphatic rings. The van der Waals surface area contributed by atoms with Gasteiger partial charge >= 0.3 is 0 Å². The Kier molecular flexibility index (Phi) is 2.77. The average molecular weight is 195 g/mol. The van der Waals surface area contributed by atoms with Crippen LogP contribution < -0.4 is 5.32 Å². The molecule has 1 saturated heterocycles. The van der Waals surface area contributed by atoms with E-state index in [0.717, 1.165) is 25.2 Å². The van der Waals surface area contributed by atoms with Gasteiger partial charge in [-0.2, -0.15) is 0 Å². The number of nitrogens with zero attached hydrogens (tertiary/aromatic N) is 4. The van der Waals surface area contributed by atoms with Crippen LogP contribution in [-0.4, -0.2) is 26.8 Å². The van der Waals surface area contributed by atoms with Crippen LogP contribution in [0.1, 0.15) is 51.0 Å². The van der Waals surface area contributed by atoms with Gasteiger partial charge in [-0.15, -0.1) is 5.10 Å². The number of nitrogens with one attached hydrogen (secondary N) is 1. The molecule has 2 rings (SSSR count). The average Bonchev–Trinajstić information content (AvgIpc) is 2.85. The van der Waals surface area contributed by atoms with E-state index in [1.807, 2.05) is 4.68 Å². The van der Waals surface area contributed by atoms with Crippen molar-refractivity contribution in [2.24, 2.45) is 0 Å². The van der Waals surface area contributed by atoms with Crippen LogP contribution in [0.25, 0.3) is 0 Å². The fourth-order valence-electron chi connectivity index (χ4n) is 1.82. The van der Waals surface area contributed by atoms with Crippen LogP contribution in [-0.2, 0) is 0 Å². The van der Waals surface area contributed by atoms with Gasteiger partial charge in [-0.3, -0.25) is 0 Å². The second-order valence-corrected chi connectivity index (χ2v) is 3.89. The molecule has 0 spiro atoms. The summed E-state index contributed by atoms with van der Waals surface area (Å²) in [5.41, 5.74) is 0. The molecule has 1 aromatic heterocycles. The van der Waals surface area contributed by atoms with E-state index in [2.05, 4.69) is 34.7 Å².